The second-order valence-electron chi connectivity index (χ2n) is 7.71. The van der Waals surface area contributed by atoms with Gasteiger partial charge in [-0.15, -0.1) is 0 Å². The van der Waals surface area contributed by atoms with E-state index in [1.807, 2.05) is 0 Å². The Morgan fingerprint density at radius 1 is 0.643 bits per heavy atom. The quantitative estimate of drug-likeness (QED) is 0.592. The highest BCUT2D eigenvalue weighted by molar-refractivity contribution is 5.32. The van der Waals surface area contributed by atoms with Crippen LogP contribution in [0, 0.1) is 0 Å². The van der Waals surface area contributed by atoms with E-state index in [0.29, 0.717) is 6.04 Å². The van der Waals surface area contributed by atoms with Crippen molar-refractivity contribution in [2.45, 2.75) is 25.9 Å². The highest BCUT2D eigenvalue weighted by atomic mass is 15.3. The molecule has 0 bridgehead atoms. The van der Waals surface area contributed by atoms with Crippen molar-refractivity contribution >= 4 is 0 Å². The standard InChI is InChI=1S/C26H30N2/c1-2-22-13-15-23(16-14-22)21-27-17-19-28(20-18-27)26(24-9-5-3-6-10-24)25-11-7-4-8-12-25/h3-16,26H,2,17-21H2,1H3. The molecule has 0 unspecified atom stereocenters. The van der Waals surface area contributed by atoms with Crippen LogP contribution in [0.3, 0.4) is 0 Å². The van der Waals surface area contributed by atoms with E-state index < -0.39 is 0 Å². The largest absolute Gasteiger partial charge is 0.297 e. The second-order valence-corrected chi connectivity index (χ2v) is 7.71. The van der Waals surface area contributed by atoms with Crippen LogP contribution in [0.15, 0.2) is 84.9 Å². The van der Waals surface area contributed by atoms with Crippen LogP contribution >= 0.6 is 0 Å². The van der Waals surface area contributed by atoms with Crippen LogP contribution in [-0.2, 0) is 13.0 Å². The summed E-state index contributed by atoms with van der Waals surface area (Å²) in [6.07, 6.45) is 1.11. The third-order valence-corrected chi connectivity index (χ3v) is 5.84. The first-order chi connectivity index (χ1) is 13.8. The number of hydrogen-bond acceptors (Lipinski definition) is 2. The van der Waals surface area contributed by atoms with E-state index in [0.717, 1.165) is 39.1 Å². The molecule has 0 saturated carbocycles. The Hall–Kier alpha value is -2.42. The van der Waals surface area contributed by atoms with Crippen molar-refractivity contribution in [1.29, 1.82) is 0 Å². The average Bonchev–Trinajstić information content (AvgIpc) is 2.77. The molecular weight excluding hydrogens is 340 g/mol. The summed E-state index contributed by atoms with van der Waals surface area (Å²) in [5.74, 6) is 0. The van der Waals surface area contributed by atoms with Gasteiger partial charge in [-0.2, -0.15) is 0 Å². The number of piperazine rings is 1. The van der Waals surface area contributed by atoms with E-state index in [1.54, 1.807) is 0 Å². The summed E-state index contributed by atoms with van der Waals surface area (Å²) >= 11 is 0. The van der Waals surface area contributed by atoms with Crippen LogP contribution in [0.25, 0.3) is 0 Å². The van der Waals surface area contributed by atoms with Gasteiger partial charge in [0.05, 0.1) is 6.04 Å². The fourth-order valence-electron chi connectivity index (χ4n) is 4.20. The summed E-state index contributed by atoms with van der Waals surface area (Å²) in [5, 5.41) is 0. The molecule has 2 nitrogen and oxygen atoms in total. The van der Waals surface area contributed by atoms with Gasteiger partial charge in [-0.3, -0.25) is 9.80 Å². The zero-order chi connectivity index (χ0) is 19.2. The van der Waals surface area contributed by atoms with Gasteiger partial charge in [0, 0.05) is 32.7 Å². The summed E-state index contributed by atoms with van der Waals surface area (Å²) in [7, 11) is 0. The zero-order valence-corrected chi connectivity index (χ0v) is 16.8. The number of nitrogens with zero attached hydrogens (tertiary/aromatic N) is 2. The molecule has 0 amide bonds. The van der Waals surface area contributed by atoms with E-state index in [2.05, 4.69) is 102 Å². The average molecular weight is 371 g/mol. The van der Waals surface area contributed by atoms with Crippen molar-refractivity contribution < 1.29 is 0 Å². The Balaban J connectivity index is 1.44. The maximum atomic E-state index is 2.64. The lowest BCUT2D eigenvalue weighted by atomic mass is 9.96. The molecule has 1 saturated heterocycles. The molecule has 4 rings (SSSR count). The molecule has 3 aromatic carbocycles. The summed E-state index contributed by atoms with van der Waals surface area (Å²) in [4.78, 5) is 5.23. The van der Waals surface area contributed by atoms with Gasteiger partial charge >= 0.3 is 0 Å². The molecule has 2 heteroatoms. The molecule has 1 heterocycles. The lowest BCUT2D eigenvalue weighted by molar-refractivity contribution is 0.105. The molecule has 0 aliphatic carbocycles. The van der Waals surface area contributed by atoms with Crippen LogP contribution in [0.4, 0.5) is 0 Å². The highest BCUT2D eigenvalue weighted by Gasteiger charge is 2.26. The number of hydrogen-bond donors (Lipinski definition) is 0. The first kappa shape index (κ1) is 18.9. The van der Waals surface area contributed by atoms with E-state index in [9.17, 15) is 0 Å². The molecular formula is C26H30N2. The maximum Gasteiger partial charge on any atom is 0.0602 e. The highest BCUT2D eigenvalue weighted by Crippen LogP contribution is 2.29. The molecule has 0 radical (unpaired) electrons. The van der Waals surface area contributed by atoms with E-state index in [-0.39, 0.29) is 0 Å². The summed E-state index contributed by atoms with van der Waals surface area (Å²) < 4.78 is 0. The van der Waals surface area contributed by atoms with Crippen LogP contribution in [0.5, 0.6) is 0 Å². The lowest BCUT2D eigenvalue weighted by Gasteiger charge is -2.40. The Labute approximate surface area is 169 Å². The van der Waals surface area contributed by atoms with E-state index >= 15 is 0 Å². The summed E-state index contributed by atoms with van der Waals surface area (Å²) in [5.41, 5.74) is 5.62. The first-order valence-electron chi connectivity index (χ1n) is 10.5. The Bertz CT molecular complexity index is 795. The smallest absolute Gasteiger partial charge is 0.0602 e. The number of benzene rings is 3. The van der Waals surface area contributed by atoms with Gasteiger partial charge in [-0.05, 0) is 28.7 Å². The van der Waals surface area contributed by atoms with Gasteiger partial charge in [0.15, 0.2) is 0 Å². The Morgan fingerprint density at radius 3 is 1.64 bits per heavy atom. The minimum absolute atomic E-state index is 0.341. The second kappa shape index (κ2) is 9.18. The molecule has 1 aliphatic rings. The Morgan fingerprint density at radius 2 is 1.14 bits per heavy atom. The molecule has 0 aromatic heterocycles. The van der Waals surface area contributed by atoms with Crippen molar-refractivity contribution in [3.63, 3.8) is 0 Å². The molecule has 1 fully saturated rings. The SMILES string of the molecule is CCc1ccc(CN2CCN(C(c3ccccc3)c3ccccc3)CC2)cc1. The number of aryl methyl sites for hydroxylation is 1. The lowest BCUT2D eigenvalue weighted by Crippen LogP contribution is -2.47. The van der Waals surface area contributed by atoms with Crippen LogP contribution in [0.1, 0.15) is 35.2 Å². The first-order valence-corrected chi connectivity index (χ1v) is 10.5. The molecule has 1 aliphatic heterocycles. The molecule has 0 N–H and O–H groups in total. The Kier molecular flexibility index (Phi) is 6.20. The van der Waals surface area contributed by atoms with Crippen LogP contribution in [0.2, 0.25) is 0 Å². The van der Waals surface area contributed by atoms with Crippen molar-refractivity contribution in [1.82, 2.24) is 9.80 Å². The predicted octanol–water partition coefficient (Wildman–Crippen LogP) is 5.16. The summed E-state index contributed by atoms with van der Waals surface area (Å²) in [6.45, 7) is 7.70. The fourth-order valence-corrected chi connectivity index (χ4v) is 4.20. The summed E-state index contributed by atoms with van der Waals surface area (Å²) in [6, 6.07) is 31.3. The van der Waals surface area contributed by atoms with Crippen LogP contribution < -0.4 is 0 Å². The molecule has 0 atom stereocenters. The van der Waals surface area contributed by atoms with Crippen molar-refractivity contribution in [3.05, 3.63) is 107 Å². The van der Waals surface area contributed by atoms with E-state index in [4.69, 9.17) is 0 Å². The van der Waals surface area contributed by atoms with Crippen molar-refractivity contribution in [2.24, 2.45) is 0 Å². The van der Waals surface area contributed by atoms with E-state index in [1.165, 1.54) is 22.3 Å². The van der Waals surface area contributed by atoms with Gasteiger partial charge < -0.3 is 0 Å². The van der Waals surface area contributed by atoms with Gasteiger partial charge in [0.2, 0.25) is 0 Å². The van der Waals surface area contributed by atoms with Gasteiger partial charge in [0.25, 0.3) is 0 Å². The van der Waals surface area contributed by atoms with Gasteiger partial charge in [-0.25, -0.2) is 0 Å². The zero-order valence-electron chi connectivity index (χ0n) is 16.8. The third kappa shape index (κ3) is 4.52. The molecule has 0 spiro atoms. The normalized spacial score (nSPS) is 15.8. The van der Waals surface area contributed by atoms with Crippen molar-refractivity contribution in [2.75, 3.05) is 26.2 Å². The monoisotopic (exact) mass is 370 g/mol. The molecule has 144 valence electrons. The minimum atomic E-state index is 0.341. The maximum absolute atomic E-state index is 2.64. The minimum Gasteiger partial charge on any atom is -0.297 e. The third-order valence-electron chi connectivity index (χ3n) is 5.84. The predicted molar refractivity (Wildman–Crippen MR) is 117 cm³/mol. The van der Waals surface area contributed by atoms with Gasteiger partial charge in [0.1, 0.15) is 0 Å². The van der Waals surface area contributed by atoms with Crippen LogP contribution in [-0.4, -0.2) is 36.0 Å². The fraction of sp³-hybridized carbons (Fsp3) is 0.308. The van der Waals surface area contributed by atoms with Gasteiger partial charge in [-0.1, -0.05) is 91.9 Å². The molecule has 3 aromatic rings. The topological polar surface area (TPSA) is 6.48 Å². The van der Waals surface area contributed by atoms with Crippen molar-refractivity contribution in [3.8, 4) is 0 Å². The molecule has 28 heavy (non-hydrogen) atoms. The number of rotatable bonds is 6.